The minimum Gasteiger partial charge on any atom is -0.492 e. The van der Waals surface area contributed by atoms with E-state index in [1.165, 1.54) is 4.90 Å². The lowest BCUT2D eigenvalue weighted by Crippen LogP contribution is -2.37. The number of hydrogen-bond acceptors (Lipinski definition) is 6. The predicted octanol–water partition coefficient (Wildman–Crippen LogP) is 2.74. The van der Waals surface area contributed by atoms with E-state index >= 15 is 0 Å². The van der Waals surface area contributed by atoms with Crippen molar-refractivity contribution in [2.45, 2.75) is 29.4 Å². The third-order valence-corrected chi connectivity index (χ3v) is 9.65. The Bertz CT molecular complexity index is 909. The number of nitrogens with zero attached hydrogens (tertiary/aromatic N) is 1. The second-order valence-electron chi connectivity index (χ2n) is 8.22. The lowest BCUT2D eigenvalue weighted by atomic mass is 9.81. The van der Waals surface area contributed by atoms with E-state index in [0.717, 1.165) is 6.42 Å². The minimum atomic E-state index is -0.643. The van der Waals surface area contributed by atoms with Gasteiger partial charge >= 0.3 is 5.97 Å². The van der Waals surface area contributed by atoms with Crippen LogP contribution in [0.2, 0.25) is 0 Å². The van der Waals surface area contributed by atoms with Gasteiger partial charge in [-0.3, -0.25) is 24.1 Å². The Morgan fingerprint density at radius 1 is 1.09 bits per heavy atom. The quantitative estimate of drug-likeness (QED) is 0.292. The SMILES string of the molecule is CCOc1ccccc1NC(=O)COC(=O)CCN1C(=O)[C@@H]2[C@H]3C[C@@H]([C@H](Br)[C@H]3Br)[C@@H]2C1=O. The molecule has 1 aliphatic heterocycles. The summed E-state index contributed by atoms with van der Waals surface area (Å²) in [6.45, 7) is 1.79. The molecular formula is C22H24Br2N2O6. The minimum absolute atomic E-state index is 0.0301. The number of likely N-dealkylation sites (tertiary alicyclic amines) is 1. The maximum absolute atomic E-state index is 12.8. The molecule has 1 aromatic rings. The molecule has 3 aliphatic rings. The number of fused-ring (bicyclic) bond motifs is 5. The van der Waals surface area contributed by atoms with Gasteiger partial charge in [0, 0.05) is 16.2 Å². The number of imide groups is 1. The predicted molar refractivity (Wildman–Crippen MR) is 123 cm³/mol. The fourth-order valence-electron chi connectivity index (χ4n) is 5.09. The van der Waals surface area contributed by atoms with Crippen molar-refractivity contribution in [2.24, 2.45) is 23.7 Å². The Hall–Kier alpha value is -1.94. The number of hydrogen-bond donors (Lipinski definition) is 1. The van der Waals surface area contributed by atoms with Gasteiger partial charge in [-0.05, 0) is 37.3 Å². The number of carbonyl (C=O) groups excluding carboxylic acids is 4. The molecule has 2 aliphatic carbocycles. The van der Waals surface area contributed by atoms with E-state index in [2.05, 4.69) is 37.2 Å². The Balaban J connectivity index is 1.26. The van der Waals surface area contributed by atoms with Gasteiger partial charge in [0.05, 0.1) is 30.6 Å². The molecule has 3 amide bonds. The molecule has 0 unspecified atom stereocenters. The van der Waals surface area contributed by atoms with E-state index in [0.29, 0.717) is 18.0 Å². The van der Waals surface area contributed by atoms with Gasteiger partial charge in [0.1, 0.15) is 5.75 Å². The van der Waals surface area contributed by atoms with Gasteiger partial charge in [-0.2, -0.15) is 0 Å². The monoisotopic (exact) mass is 570 g/mol. The van der Waals surface area contributed by atoms with Crippen LogP contribution in [0.5, 0.6) is 5.75 Å². The number of benzene rings is 1. The summed E-state index contributed by atoms with van der Waals surface area (Å²) in [5.41, 5.74) is 0.486. The van der Waals surface area contributed by atoms with Crippen molar-refractivity contribution in [3.8, 4) is 5.75 Å². The highest BCUT2D eigenvalue weighted by molar-refractivity contribution is 9.12. The first kappa shape index (κ1) is 23.2. The smallest absolute Gasteiger partial charge is 0.308 e. The molecule has 0 radical (unpaired) electrons. The highest BCUT2D eigenvalue weighted by atomic mass is 79.9. The number of esters is 1. The maximum Gasteiger partial charge on any atom is 0.308 e. The lowest BCUT2D eigenvalue weighted by Gasteiger charge is -2.28. The number of halogens is 2. The van der Waals surface area contributed by atoms with E-state index in [1.807, 2.05) is 6.92 Å². The topological polar surface area (TPSA) is 102 Å². The highest BCUT2D eigenvalue weighted by Crippen LogP contribution is 2.60. The normalized spacial score (nSPS) is 30.4. The number of alkyl halides is 2. The molecule has 0 aromatic heterocycles. The average Bonchev–Trinajstić information content (AvgIpc) is 3.37. The van der Waals surface area contributed by atoms with Crippen LogP contribution in [0.25, 0.3) is 0 Å². The van der Waals surface area contributed by atoms with E-state index < -0.39 is 18.5 Å². The second kappa shape index (κ2) is 9.51. The Morgan fingerprint density at radius 3 is 2.34 bits per heavy atom. The van der Waals surface area contributed by atoms with Gasteiger partial charge in [0.15, 0.2) is 6.61 Å². The van der Waals surface area contributed by atoms with E-state index in [1.54, 1.807) is 24.3 Å². The molecule has 0 spiro atoms. The van der Waals surface area contributed by atoms with Crippen LogP contribution in [0.4, 0.5) is 5.69 Å². The van der Waals surface area contributed by atoms with Crippen molar-refractivity contribution in [2.75, 3.05) is 25.1 Å². The first-order valence-electron chi connectivity index (χ1n) is 10.6. The summed E-state index contributed by atoms with van der Waals surface area (Å²) in [4.78, 5) is 51.5. The van der Waals surface area contributed by atoms with Gasteiger partial charge in [-0.1, -0.05) is 44.0 Å². The summed E-state index contributed by atoms with van der Waals surface area (Å²) in [5.74, 6) is -1.37. The van der Waals surface area contributed by atoms with Crippen LogP contribution in [0, 0.1) is 23.7 Å². The molecule has 4 rings (SSSR count). The number of amides is 3. The lowest BCUT2D eigenvalue weighted by molar-refractivity contribution is -0.149. The first-order valence-corrected chi connectivity index (χ1v) is 12.5. The van der Waals surface area contributed by atoms with Crippen molar-refractivity contribution in [1.82, 2.24) is 4.90 Å². The Labute approximate surface area is 202 Å². The fraction of sp³-hybridized carbons (Fsp3) is 0.545. The summed E-state index contributed by atoms with van der Waals surface area (Å²) in [6.07, 6.45) is 0.709. The molecular weight excluding hydrogens is 548 g/mol. The van der Waals surface area contributed by atoms with Gasteiger partial charge < -0.3 is 14.8 Å². The first-order chi connectivity index (χ1) is 15.3. The highest BCUT2D eigenvalue weighted by Gasteiger charge is 2.66. The van der Waals surface area contributed by atoms with Crippen LogP contribution >= 0.6 is 31.9 Å². The number of carbonyl (C=O) groups is 4. The molecule has 1 N–H and O–H groups in total. The largest absolute Gasteiger partial charge is 0.492 e. The summed E-state index contributed by atoms with van der Waals surface area (Å²) in [7, 11) is 0. The fourth-order valence-corrected chi connectivity index (χ4v) is 6.96. The third-order valence-electron chi connectivity index (χ3n) is 6.44. The molecule has 2 saturated carbocycles. The molecule has 10 heteroatoms. The van der Waals surface area contributed by atoms with Gasteiger partial charge in [-0.15, -0.1) is 0 Å². The maximum atomic E-state index is 12.8. The molecule has 3 fully saturated rings. The van der Waals surface area contributed by atoms with Crippen LogP contribution in [0.1, 0.15) is 19.8 Å². The summed E-state index contributed by atoms with van der Waals surface area (Å²) in [6, 6.07) is 6.96. The molecule has 32 heavy (non-hydrogen) atoms. The van der Waals surface area contributed by atoms with Crippen molar-refractivity contribution in [1.29, 1.82) is 0 Å². The molecule has 2 bridgehead atoms. The van der Waals surface area contributed by atoms with Crippen molar-refractivity contribution >= 4 is 61.2 Å². The Morgan fingerprint density at radius 2 is 1.72 bits per heavy atom. The van der Waals surface area contributed by atoms with Crippen molar-refractivity contribution in [3.05, 3.63) is 24.3 Å². The summed E-state index contributed by atoms with van der Waals surface area (Å²) < 4.78 is 10.5. The van der Waals surface area contributed by atoms with Crippen LogP contribution in [0.15, 0.2) is 24.3 Å². The average molecular weight is 572 g/mol. The number of rotatable bonds is 8. The Kier molecular flexibility index (Phi) is 6.90. The summed E-state index contributed by atoms with van der Waals surface area (Å²) in [5, 5.41) is 2.65. The van der Waals surface area contributed by atoms with Crippen molar-refractivity contribution < 1.29 is 28.7 Å². The summed E-state index contributed by atoms with van der Waals surface area (Å²) >= 11 is 7.30. The number of nitrogens with one attached hydrogen (secondary N) is 1. The zero-order chi connectivity index (χ0) is 23.0. The number of para-hydroxylation sites is 2. The van der Waals surface area contributed by atoms with Gasteiger partial charge in [0.25, 0.3) is 5.91 Å². The molecule has 1 aromatic carbocycles. The van der Waals surface area contributed by atoms with Gasteiger partial charge in [-0.25, -0.2) is 0 Å². The number of anilines is 1. The second-order valence-corrected chi connectivity index (χ2v) is 10.3. The number of ether oxygens (including phenoxy) is 2. The van der Waals surface area contributed by atoms with Crippen LogP contribution < -0.4 is 10.1 Å². The van der Waals surface area contributed by atoms with Crippen LogP contribution in [-0.2, 0) is 23.9 Å². The zero-order valence-corrected chi connectivity index (χ0v) is 20.6. The molecule has 6 atom stereocenters. The zero-order valence-electron chi connectivity index (χ0n) is 17.5. The van der Waals surface area contributed by atoms with E-state index in [9.17, 15) is 19.2 Å². The molecule has 172 valence electrons. The molecule has 8 nitrogen and oxygen atoms in total. The van der Waals surface area contributed by atoms with E-state index in [-0.39, 0.29) is 58.1 Å². The van der Waals surface area contributed by atoms with Crippen molar-refractivity contribution in [3.63, 3.8) is 0 Å². The third kappa shape index (κ3) is 4.19. The van der Waals surface area contributed by atoms with Crippen LogP contribution in [0.3, 0.4) is 0 Å². The van der Waals surface area contributed by atoms with E-state index in [4.69, 9.17) is 9.47 Å². The standard InChI is InChI=1S/C22H24Br2N2O6/c1-2-31-14-6-4-3-5-13(14)25-15(27)10-32-16(28)7-8-26-21(29)17-11-9-12(18(17)22(26)30)20(24)19(11)23/h3-6,11-12,17-20H,2,7-10H2,1H3,(H,25,27)/t11-,12-,17-,18+,19+,20+/m1/s1. The van der Waals surface area contributed by atoms with Gasteiger partial charge in [0.2, 0.25) is 11.8 Å². The van der Waals surface area contributed by atoms with Crippen LogP contribution in [-0.4, -0.2) is 58.0 Å². The molecule has 1 saturated heterocycles. The molecule has 1 heterocycles.